The van der Waals surface area contributed by atoms with Crippen molar-refractivity contribution in [1.29, 1.82) is 0 Å². The number of hydrogen-bond acceptors (Lipinski definition) is 3. The Kier molecular flexibility index (Phi) is 3.92. The van der Waals surface area contributed by atoms with Crippen molar-refractivity contribution in [2.75, 3.05) is 23.8 Å². The topological polar surface area (TPSA) is 49.0 Å². The summed E-state index contributed by atoms with van der Waals surface area (Å²) in [5.74, 6) is 0.656. The molecule has 0 radical (unpaired) electrons. The molecule has 0 aliphatic rings. The number of hydrogen-bond donors (Lipinski definition) is 1. The van der Waals surface area contributed by atoms with Crippen LogP contribution >= 0.6 is 31.9 Å². The number of aromatic amines is 1. The van der Waals surface area contributed by atoms with Crippen LogP contribution in [0.25, 0.3) is 0 Å². The van der Waals surface area contributed by atoms with Gasteiger partial charge in [0, 0.05) is 18.9 Å². The minimum absolute atomic E-state index is 0.161. The lowest BCUT2D eigenvalue weighted by molar-refractivity contribution is 0.925. The Labute approximate surface area is 92.6 Å². The lowest BCUT2D eigenvalue weighted by atomic mass is 10.5. The third kappa shape index (κ3) is 2.54. The molecule has 0 aromatic carbocycles. The van der Waals surface area contributed by atoms with Gasteiger partial charge in [-0.15, -0.1) is 0 Å². The summed E-state index contributed by atoms with van der Waals surface area (Å²) in [6, 6.07) is 0. The molecule has 13 heavy (non-hydrogen) atoms. The Morgan fingerprint density at radius 2 is 2.38 bits per heavy atom. The molecule has 0 bridgehead atoms. The van der Waals surface area contributed by atoms with Gasteiger partial charge in [-0.05, 0) is 15.9 Å². The van der Waals surface area contributed by atoms with Gasteiger partial charge in [0.15, 0.2) is 0 Å². The van der Waals surface area contributed by atoms with Crippen molar-refractivity contribution in [1.82, 2.24) is 9.97 Å². The first-order valence-electron chi connectivity index (χ1n) is 3.67. The van der Waals surface area contributed by atoms with Crippen molar-refractivity contribution in [3.63, 3.8) is 0 Å². The van der Waals surface area contributed by atoms with Crippen molar-refractivity contribution in [3.8, 4) is 0 Å². The average Bonchev–Trinajstić information content (AvgIpc) is 2.10. The summed E-state index contributed by atoms with van der Waals surface area (Å²) in [6.07, 6.45) is 1.40. The van der Waals surface area contributed by atoms with E-state index in [-0.39, 0.29) is 5.56 Å². The monoisotopic (exact) mass is 309 g/mol. The fraction of sp³-hybridized carbons (Fsp3) is 0.429. The van der Waals surface area contributed by atoms with Gasteiger partial charge in [0.1, 0.15) is 10.3 Å². The first-order valence-corrected chi connectivity index (χ1v) is 5.58. The molecule has 1 N–H and O–H groups in total. The summed E-state index contributed by atoms with van der Waals surface area (Å²) in [7, 11) is 1.88. The Bertz CT molecular complexity index is 339. The molecule has 1 rings (SSSR count). The zero-order valence-corrected chi connectivity index (χ0v) is 10.2. The van der Waals surface area contributed by atoms with Gasteiger partial charge in [-0.25, -0.2) is 4.98 Å². The van der Waals surface area contributed by atoms with Gasteiger partial charge in [0.25, 0.3) is 5.56 Å². The predicted molar refractivity (Wildman–Crippen MR) is 59.6 cm³/mol. The molecule has 72 valence electrons. The Morgan fingerprint density at radius 1 is 1.69 bits per heavy atom. The highest BCUT2D eigenvalue weighted by atomic mass is 79.9. The first-order chi connectivity index (χ1) is 6.16. The molecular formula is C7H9Br2N3O. The van der Waals surface area contributed by atoms with Crippen LogP contribution < -0.4 is 10.5 Å². The molecule has 4 nitrogen and oxygen atoms in total. The van der Waals surface area contributed by atoms with Crippen LogP contribution in [0, 0.1) is 0 Å². The molecule has 0 amide bonds. The number of anilines is 1. The predicted octanol–water partition coefficient (Wildman–Crippen LogP) is 1.36. The Hall–Kier alpha value is -0.360. The molecule has 0 spiro atoms. The van der Waals surface area contributed by atoms with Gasteiger partial charge in [0.05, 0.1) is 6.33 Å². The summed E-state index contributed by atoms with van der Waals surface area (Å²) < 4.78 is 0.471. The minimum Gasteiger partial charge on any atom is -0.358 e. The van der Waals surface area contributed by atoms with E-state index >= 15 is 0 Å². The molecule has 0 saturated carbocycles. The molecule has 0 unspecified atom stereocenters. The van der Waals surface area contributed by atoms with E-state index in [1.165, 1.54) is 6.33 Å². The van der Waals surface area contributed by atoms with E-state index in [0.717, 1.165) is 11.9 Å². The number of alkyl halides is 1. The van der Waals surface area contributed by atoms with Crippen LogP contribution in [0.15, 0.2) is 15.6 Å². The number of halogens is 2. The van der Waals surface area contributed by atoms with Crippen LogP contribution in [0.3, 0.4) is 0 Å². The van der Waals surface area contributed by atoms with Crippen molar-refractivity contribution in [3.05, 3.63) is 21.2 Å². The SMILES string of the molecule is CN(CCBr)c1nc[nH]c(=O)c1Br. The summed E-state index contributed by atoms with van der Waals surface area (Å²) >= 11 is 6.51. The zero-order chi connectivity index (χ0) is 9.84. The standard InChI is InChI=1S/C7H9Br2N3O/c1-12(3-2-8)6-5(9)7(13)11-4-10-6/h4H,2-3H2,1H3,(H,10,11,13). The molecule has 0 aliphatic heterocycles. The second-order valence-corrected chi connectivity index (χ2v) is 4.07. The van der Waals surface area contributed by atoms with Gasteiger partial charge in [-0.1, -0.05) is 15.9 Å². The molecule has 0 saturated heterocycles. The number of nitrogens with one attached hydrogen (secondary N) is 1. The van der Waals surface area contributed by atoms with E-state index in [4.69, 9.17) is 0 Å². The van der Waals surface area contributed by atoms with Gasteiger partial charge in [-0.3, -0.25) is 4.79 Å². The van der Waals surface area contributed by atoms with Crippen LogP contribution in [0.5, 0.6) is 0 Å². The third-order valence-corrected chi connectivity index (χ3v) is 2.63. The molecular weight excluding hydrogens is 302 g/mol. The zero-order valence-electron chi connectivity index (χ0n) is 7.05. The van der Waals surface area contributed by atoms with Crippen LogP contribution in [-0.2, 0) is 0 Å². The minimum atomic E-state index is -0.161. The molecule has 1 heterocycles. The summed E-state index contributed by atoms with van der Waals surface area (Å²) in [5.41, 5.74) is -0.161. The quantitative estimate of drug-likeness (QED) is 0.858. The molecule has 0 aliphatic carbocycles. The first kappa shape index (κ1) is 10.7. The van der Waals surface area contributed by atoms with Gasteiger partial charge < -0.3 is 9.88 Å². The molecule has 0 fully saturated rings. The number of nitrogens with zero attached hydrogens (tertiary/aromatic N) is 2. The smallest absolute Gasteiger partial charge is 0.267 e. The van der Waals surface area contributed by atoms with Crippen molar-refractivity contribution in [2.24, 2.45) is 0 Å². The van der Waals surface area contributed by atoms with Crippen molar-refractivity contribution < 1.29 is 0 Å². The number of H-pyrrole nitrogens is 1. The van der Waals surface area contributed by atoms with Crippen LogP contribution in [0.2, 0.25) is 0 Å². The van der Waals surface area contributed by atoms with Crippen LogP contribution in [0.4, 0.5) is 5.82 Å². The maximum absolute atomic E-state index is 11.2. The normalized spacial score (nSPS) is 10.1. The second-order valence-electron chi connectivity index (χ2n) is 2.48. The van der Waals surface area contributed by atoms with E-state index in [1.807, 2.05) is 11.9 Å². The van der Waals surface area contributed by atoms with E-state index in [1.54, 1.807) is 0 Å². The maximum atomic E-state index is 11.2. The van der Waals surface area contributed by atoms with Crippen molar-refractivity contribution >= 4 is 37.7 Å². The summed E-state index contributed by atoms with van der Waals surface area (Å²) in [6.45, 7) is 0.801. The lowest BCUT2D eigenvalue weighted by Gasteiger charge is -2.16. The maximum Gasteiger partial charge on any atom is 0.267 e. The largest absolute Gasteiger partial charge is 0.358 e. The second kappa shape index (κ2) is 4.76. The van der Waals surface area contributed by atoms with Crippen LogP contribution in [0.1, 0.15) is 0 Å². The molecule has 0 atom stereocenters. The summed E-state index contributed by atoms with van der Waals surface area (Å²) in [5, 5.41) is 0.838. The lowest BCUT2D eigenvalue weighted by Crippen LogP contribution is -2.24. The van der Waals surface area contributed by atoms with Gasteiger partial charge >= 0.3 is 0 Å². The van der Waals surface area contributed by atoms with Crippen LogP contribution in [-0.4, -0.2) is 28.9 Å². The fourth-order valence-corrected chi connectivity index (χ4v) is 1.92. The van der Waals surface area contributed by atoms with E-state index in [0.29, 0.717) is 10.3 Å². The third-order valence-electron chi connectivity index (χ3n) is 1.56. The Balaban J connectivity index is 3.00. The highest BCUT2D eigenvalue weighted by Gasteiger charge is 2.08. The van der Waals surface area contributed by atoms with E-state index in [2.05, 4.69) is 41.8 Å². The number of rotatable bonds is 3. The van der Waals surface area contributed by atoms with Gasteiger partial charge in [-0.2, -0.15) is 0 Å². The summed E-state index contributed by atoms with van der Waals surface area (Å²) in [4.78, 5) is 19.6. The molecule has 6 heteroatoms. The molecule has 1 aromatic heterocycles. The highest BCUT2D eigenvalue weighted by molar-refractivity contribution is 9.10. The average molecular weight is 311 g/mol. The van der Waals surface area contributed by atoms with E-state index < -0.39 is 0 Å². The van der Waals surface area contributed by atoms with Gasteiger partial charge in [0.2, 0.25) is 0 Å². The fourth-order valence-electron chi connectivity index (χ4n) is 0.872. The van der Waals surface area contributed by atoms with E-state index in [9.17, 15) is 4.79 Å². The number of aromatic nitrogens is 2. The Morgan fingerprint density at radius 3 is 3.00 bits per heavy atom. The highest BCUT2D eigenvalue weighted by Crippen LogP contribution is 2.16. The molecule has 1 aromatic rings. The van der Waals surface area contributed by atoms with Crippen molar-refractivity contribution in [2.45, 2.75) is 0 Å².